The number of nitrogens with zero attached hydrogens (tertiary/aromatic N) is 4. The summed E-state index contributed by atoms with van der Waals surface area (Å²) in [6.45, 7) is -0.0346. The molecule has 150 valence electrons. The predicted molar refractivity (Wildman–Crippen MR) is 111 cm³/mol. The van der Waals surface area contributed by atoms with E-state index in [1.165, 1.54) is 11.8 Å². The Morgan fingerprint density at radius 2 is 1.67 bits per heavy atom. The van der Waals surface area contributed by atoms with Gasteiger partial charge in [-0.25, -0.2) is 4.68 Å². The number of amides is 1. The fourth-order valence-corrected chi connectivity index (χ4v) is 2.97. The molecule has 0 unspecified atom stereocenters. The standard InChI is InChI=1S/C22H19N5O3/c1-30-21(28)15-26-13-12-20(25-26)23-22(29)18-14-19(16-8-4-2-5-9-16)27(24-18)17-10-6-3-7-11-17/h2-14H,15H2,1H3,(H,23,25,29). The number of para-hydroxylation sites is 1. The van der Waals surface area contributed by atoms with Crippen molar-refractivity contribution in [3.8, 4) is 16.9 Å². The van der Waals surface area contributed by atoms with Crippen LogP contribution in [0.2, 0.25) is 0 Å². The molecule has 0 aliphatic rings. The van der Waals surface area contributed by atoms with E-state index in [2.05, 4.69) is 20.3 Å². The molecule has 0 spiro atoms. The third-order valence-corrected chi connectivity index (χ3v) is 4.41. The maximum absolute atomic E-state index is 12.8. The van der Waals surface area contributed by atoms with Crippen LogP contribution < -0.4 is 5.32 Å². The van der Waals surface area contributed by atoms with Crippen molar-refractivity contribution in [2.45, 2.75) is 6.54 Å². The minimum absolute atomic E-state index is 0.0346. The van der Waals surface area contributed by atoms with Crippen molar-refractivity contribution in [2.75, 3.05) is 12.4 Å². The van der Waals surface area contributed by atoms with Gasteiger partial charge in [0.05, 0.1) is 18.5 Å². The molecule has 2 heterocycles. The van der Waals surface area contributed by atoms with Crippen LogP contribution in [-0.4, -0.2) is 38.5 Å². The van der Waals surface area contributed by atoms with Crippen molar-refractivity contribution in [2.24, 2.45) is 0 Å². The lowest BCUT2D eigenvalue weighted by Crippen LogP contribution is -2.15. The smallest absolute Gasteiger partial charge is 0.327 e. The van der Waals surface area contributed by atoms with E-state index in [4.69, 9.17) is 0 Å². The molecule has 0 aliphatic carbocycles. The van der Waals surface area contributed by atoms with E-state index in [0.29, 0.717) is 5.82 Å². The number of benzene rings is 2. The van der Waals surface area contributed by atoms with Crippen molar-refractivity contribution in [3.63, 3.8) is 0 Å². The average molecular weight is 401 g/mol. The quantitative estimate of drug-likeness (QED) is 0.501. The fraction of sp³-hybridized carbons (Fsp3) is 0.0909. The maximum Gasteiger partial charge on any atom is 0.327 e. The van der Waals surface area contributed by atoms with Gasteiger partial charge in [0, 0.05) is 17.8 Å². The molecule has 0 bridgehead atoms. The SMILES string of the molecule is COC(=O)Cn1ccc(NC(=O)c2cc(-c3ccccc3)n(-c3ccccc3)n2)n1. The number of hydrogen-bond acceptors (Lipinski definition) is 5. The van der Waals surface area contributed by atoms with Crippen LogP contribution in [0.1, 0.15) is 10.5 Å². The molecule has 2 aromatic carbocycles. The Morgan fingerprint density at radius 3 is 2.37 bits per heavy atom. The van der Waals surface area contributed by atoms with Crippen molar-refractivity contribution >= 4 is 17.7 Å². The van der Waals surface area contributed by atoms with Crippen LogP contribution in [0.5, 0.6) is 0 Å². The van der Waals surface area contributed by atoms with E-state index in [-0.39, 0.29) is 12.2 Å². The van der Waals surface area contributed by atoms with E-state index in [9.17, 15) is 9.59 Å². The summed E-state index contributed by atoms with van der Waals surface area (Å²) in [4.78, 5) is 24.2. The van der Waals surface area contributed by atoms with Crippen LogP contribution in [-0.2, 0) is 16.1 Å². The number of carbonyl (C=O) groups is 2. The summed E-state index contributed by atoms with van der Waals surface area (Å²) < 4.78 is 7.74. The lowest BCUT2D eigenvalue weighted by Gasteiger charge is -2.07. The highest BCUT2D eigenvalue weighted by molar-refractivity contribution is 6.03. The molecule has 0 aliphatic heterocycles. The summed E-state index contributed by atoms with van der Waals surface area (Å²) in [6.07, 6.45) is 1.59. The van der Waals surface area contributed by atoms with Crippen molar-refractivity contribution < 1.29 is 14.3 Å². The summed E-state index contributed by atoms with van der Waals surface area (Å²) >= 11 is 0. The van der Waals surface area contributed by atoms with E-state index in [0.717, 1.165) is 16.9 Å². The molecule has 1 N–H and O–H groups in total. The van der Waals surface area contributed by atoms with Crippen molar-refractivity contribution in [1.29, 1.82) is 0 Å². The summed E-state index contributed by atoms with van der Waals surface area (Å²) in [5.74, 6) is -0.505. The lowest BCUT2D eigenvalue weighted by molar-refractivity contribution is -0.141. The first-order valence-corrected chi connectivity index (χ1v) is 9.26. The molecule has 8 nitrogen and oxygen atoms in total. The first kappa shape index (κ1) is 19.1. The molecule has 8 heteroatoms. The molecule has 0 saturated heterocycles. The van der Waals surface area contributed by atoms with Gasteiger partial charge in [0.25, 0.3) is 5.91 Å². The van der Waals surface area contributed by atoms with E-state index >= 15 is 0 Å². The number of aromatic nitrogens is 4. The second-order valence-corrected chi connectivity index (χ2v) is 6.46. The van der Waals surface area contributed by atoms with Crippen LogP contribution in [0.15, 0.2) is 79.0 Å². The minimum atomic E-state index is -0.426. The Morgan fingerprint density at radius 1 is 0.967 bits per heavy atom. The summed E-state index contributed by atoms with van der Waals surface area (Å²) in [5, 5.41) is 11.4. The van der Waals surface area contributed by atoms with Gasteiger partial charge in [-0.2, -0.15) is 10.2 Å². The number of rotatable bonds is 6. The average Bonchev–Trinajstić information content (AvgIpc) is 3.42. The van der Waals surface area contributed by atoms with Crippen LogP contribution in [0.4, 0.5) is 5.82 Å². The van der Waals surface area contributed by atoms with Gasteiger partial charge in [0.2, 0.25) is 0 Å². The number of methoxy groups -OCH3 is 1. The van der Waals surface area contributed by atoms with E-state index in [1.54, 1.807) is 23.0 Å². The van der Waals surface area contributed by atoms with E-state index in [1.807, 2.05) is 60.7 Å². The third kappa shape index (κ3) is 4.12. The van der Waals surface area contributed by atoms with Gasteiger partial charge in [-0.1, -0.05) is 48.5 Å². The van der Waals surface area contributed by atoms with Crippen LogP contribution in [0.3, 0.4) is 0 Å². The maximum atomic E-state index is 12.8. The zero-order valence-corrected chi connectivity index (χ0v) is 16.2. The number of ether oxygens (including phenoxy) is 1. The molecule has 2 aromatic heterocycles. The van der Waals surface area contributed by atoms with Crippen LogP contribution in [0.25, 0.3) is 16.9 Å². The molecule has 0 fully saturated rings. The Hall–Kier alpha value is -4.20. The third-order valence-electron chi connectivity index (χ3n) is 4.41. The molecule has 0 radical (unpaired) electrons. The molecule has 0 atom stereocenters. The lowest BCUT2D eigenvalue weighted by atomic mass is 10.1. The molecule has 4 aromatic rings. The fourth-order valence-electron chi connectivity index (χ4n) is 2.97. The second-order valence-electron chi connectivity index (χ2n) is 6.46. The van der Waals surface area contributed by atoms with Crippen molar-refractivity contribution in [1.82, 2.24) is 19.6 Å². The Labute approximate surface area is 172 Å². The second kappa shape index (κ2) is 8.44. The largest absolute Gasteiger partial charge is 0.468 e. The molecule has 4 rings (SSSR count). The Kier molecular flexibility index (Phi) is 5.38. The Balaban J connectivity index is 1.62. The minimum Gasteiger partial charge on any atom is -0.468 e. The molecule has 1 amide bonds. The van der Waals surface area contributed by atoms with E-state index < -0.39 is 11.9 Å². The zero-order chi connectivity index (χ0) is 20.9. The highest BCUT2D eigenvalue weighted by Crippen LogP contribution is 2.24. The highest BCUT2D eigenvalue weighted by Gasteiger charge is 2.17. The van der Waals surface area contributed by atoms with Gasteiger partial charge < -0.3 is 10.1 Å². The summed E-state index contributed by atoms with van der Waals surface area (Å²) in [7, 11) is 1.31. The molecular formula is C22H19N5O3. The first-order chi connectivity index (χ1) is 14.6. The monoisotopic (exact) mass is 401 g/mol. The normalized spacial score (nSPS) is 10.6. The van der Waals surface area contributed by atoms with Gasteiger partial charge >= 0.3 is 5.97 Å². The van der Waals surface area contributed by atoms with Gasteiger partial charge in [-0.05, 0) is 18.2 Å². The number of hydrogen-bond donors (Lipinski definition) is 1. The summed E-state index contributed by atoms with van der Waals surface area (Å²) in [5.41, 5.74) is 2.83. The first-order valence-electron chi connectivity index (χ1n) is 9.26. The predicted octanol–water partition coefficient (Wildman–Crippen LogP) is 3.16. The highest BCUT2D eigenvalue weighted by atomic mass is 16.5. The number of carbonyl (C=O) groups excluding carboxylic acids is 2. The number of nitrogens with one attached hydrogen (secondary N) is 1. The van der Waals surface area contributed by atoms with Gasteiger partial charge in [0.15, 0.2) is 11.5 Å². The van der Waals surface area contributed by atoms with Gasteiger partial charge in [-0.3, -0.25) is 14.3 Å². The van der Waals surface area contributed by atoms with Crippen molar-refractivity contribution in [3.05, 3.63) is 84.7 Å². The van der Waals surface area contributed by atoms with Crippen LogP contribution >= 0.6 is 0 Å². The summed E-state index contributed by atoms with van der Waals surface area (Å²) in [6, 6.07) is 22.7. The Bertz CT molecular complexity index is 1110. The number of esters is 1. The van der Waals surface area contributed by atoms with Crippen LogP contribution in [0, 0.1) is 0 Å². The molecule has 0 saturated carbocycles. The topological polar surface area (TPSA) is 91.0 Å². The van der Waals surface area contributed by atoms with Gasteiger partial charge in [0.1, 0.15) is 6.54 Å². The zero-order valence-electron chi connectivity index (χ0n) is 16.2. The molecule has 30 heavy (non-hydrogen) atoms. The van der Waals surface area contributed by atoms with Gasteiger partial charge in [-0.15, -0.1) is 0 Å². The molecular weight excluding hydrogens is 382 g/mol. The number of anilines is 1.